The molecule has 334 valence electrons. The number of aliphatic hydroxyl groups excluding tert-OH is 1. The van der Waals surface area contributed by atoms with Crippen LogP contribution in [0.25, 0.3) is 33.4 Å². The topological polar surface area (TPSA) is 198 Å². The summed E-state index contributed by atoms with van der Waals surface area (Å²) in [4.78, 5) is 39.0. The van der Waals surface area contributed by atoms with E-state index in [4.69, 9.17) is 11.5 Å². The van der Waals surface area contributed by atoms with E-state index < -0.39 is 0 Å². The predicted octanol–water partition coefficient (Wildman–Crippen LogP) is 6.06. The Morgan fingerprint density at radius 3 is 1.55 bits per heavy atom. The highest BCUT2D eigenvalue weighted by atomic mass is 79.9. The number of halogens is 1. The number of amides is 2. The van der Waals surface area contributed by atoms with Gasteiger partial charge in [-0.25, -0.2) is 9.97 Å². The van der Waals surface area contributed by atoms with Crippen molar-refractivity contribution in [2.24, 2.45) is 14.1 Å². The van der Waals surface area contributed by atoms with Crippen LogP contribution in [0.1, 0.15) is 50.2 Å². The Labute approximate surface area is 386 Å². The highest BCUT2D eigenvalue weighted by Gasteiger charge is 2.27. The molecule has 9 rings (SSSR count). The lowest BCUT2D eigenvalue weighted by Crippen LogP contribution is -2.37. The van der Waals surface area contributed by atoms with Gasteiger partial charge < -0.3 is 27.2 Å². The number of rotatable bonds is 12. The molecule has 65 heavy (non-hydrogen) atoms. The number of carbonyl (C=O) groups is 2. The number of hydrogen-bond donors (Lipinski definition) is 5. The number of likely N-dealkylation sites (tertiary alicyclic amines) is 2. The van der Waals surface area contributed by atoms with E-state index in [1.807, 2.05) is 56.8 Å². The zero-order chi connectivity index (χ0) is 45.5. The third-order valence-electron chi connectivity index (χ3n) is 11.7. The summed E-state index contributed by atoms with van der Waals surface area (Å²) in [6.45, 7) is 5.13. The molecule has 2 fully saturated rings. The molecule has 0 unspecified atom stereocenters. The van der Waals surface area contributed by atoms with Gasteiger partial charge in [0.15, 0.2) is 0 Å². The van der Waals surface area contributed by atoms with E-state index in [1.165, 1.54) is 11.1 Å². The maximum Gasteiger partial charge on any atom is 0.255 e. The fourth-order valence-electron chi connectivity index (χ4n) is 8.34. The van der Waals surface area contributed by atoms with Crippen LogP contribution in [0.4, 0.5) is 11.6 Å². The minimum absolute atomic E-state index is 0.0316. The molecule has 6 heterocycles. The van der Waals surface area contributed by atoms with Gasteiger partial charge in [-0.3, -0.25) is 28.8 Å². The van der Waals surface area contributed by atoms with Crippen molar-refractivity contribution in [3.8, 4) is 33.4 Å². The summed E-state index contributed by atoms with van der Waals surface area (Å²) in [5, 5.41) is 24.1. The average Bonchev–Trinajstić information content (AvgIpc) is 4.14. The molecule has 0 spiro atoms. The second-order valence-electron chi connectivity index (χ2n) is 16.7. The number of aromatic nitrogens is 6. The van der Waals surface area contributed by atoms with Crippen molar-refractivity contribution in [3.63, 3.8) is 0 Å². The Bertz CT molecular complexity index is 2790. The van der Waals surface area contributed by atoms with Crippen LogP contribution >= 0.6 is 15.9 Å². The van der Waals surface area contributed by atoms with Crippen molar-refractivity contribution < 1.29 is 14.7 Å². The molecule has 2 aliphatic heterocycles. The number of aryl methyl sites for hydroxylation is 2. The minimum Gasteiger partial charge on any atom is -0.392 e. The van der Waals surface area contributed by atoms with Crippen molar-refractivity contribution in [1.29, 1.82) is 0 Å². The molecule has 4 aromatic heterocycles. The molecular formula is C49H53BrN12O3. The largest absolute Gasteiger partial charge is 0.392 e. The Balaban J connectivity index is 0.000000181. The molecule has 0 radical (unpaired) electrons. The number of aliphatic hydroxyl groups is 1. The molecule has 2 saturated heterocycles. The molecule has 16 heteroatoms. The molecule has 2 aliphatic rings. The first-order chi connectivity index (χ1) is 31.5. The van der Waals surface area contributed by atoms with Crippen LogP contribution in [0.2, 0.25) is 0 Å². The van der Waals surface area contributed by atoms with E-state index in [2.05, 4.69) is 99.0 Å². The molecule has 2 amide bonds. The first-order valence-electron chi connectivity index (χ1n) is 21.6. The quantitative estimate of drug-likeness (QED) is 0.0955. The van der Waals surface area contributed by atoms with Crippen LogP contribution in [0.15, 0.2) is 127 Å². The summed E-state index contributed by atoms with van der Waals surface area (Å²) in [6.07, 6.45) is 12.4. The van der Waals surface area contributed by atoms with Crippen LogP contribution in [0.3, 0.4) is 0 Å². The maximum absolute atomic E-state index is 13.0. The molecule has 0 saturated carbocycles. The van der Waals surface area contributed by atoms with Gasteiger partial charge in [0, 0.05) is 117 Å². The Morgan fingerprint density at radius 2 is 1.09 bits per heavy atom. The van der Waals surface area contributed by atoms with Gasteiger partial charge in [-0.05, 0) is 77.1 Å². The number of nitrogens with two attached hydrogens (primary N) is 2. The zero-order valence-corrected chi connectivity index (χ0v) is 38.0. The fraction of sp³-hybridized carbons (Fsp3) is 0.265. The van der Waals surface area contributed by atoms with E-state index in [9.17, 15) is 14.7 Å². The molecule has 7 aromatic rings. The number of pyridine rings is 2. The third kappa shape index (κ3) is 11.5. The van der Waals surface area contributed by atoms with Gasteiger partial charge in [0.05, 0.1) is 30.1 Å². The Morgan fingerprint density at radius 1 is 0.631 bits per heavy atom. The molecule has 2 atom stereocenters. The highest BCUT2D eigenvalue weighted by molar-refractivity contribution is 9.10. The summed E-state index contributed by atoms with van der Waals surface area (Å²) in [5.74, 6) is 0.0644. The van der Waals surface area contributed by atoms with E-state index in [0.717, 1.165) is 95.5 Å². The van der Waals surface area contributed by atoms with E-state index in [-0.39, 0.29) is 42.1 Å². The first-order valence-corrected chi connectivity index (χ1v) is 22.3. The van der Waals surface area contributed by atoms with E-state index >= 15 is 0 Å². The monoisotopic (exact) mass is 936 g/mol. The molecular weight excluding hydrogens is 885 g/mol. The number of anilines is 2. The van der Waals surface area contributed by atoms with Crippen molar-refractivity contribution in [1.82, 2.24) is 50.0 Å². The zero-order valence-electron chi connectivity index (χ0n) is 36.4. The summed E-state index contributed by atoms with van der Waals surface area (Å²) in [6, 6.07) is 28.4. The Hall–Kier alpha value is -6.72. The van der Waals surface area contributed by atoms with Crippen molar-refractivity contribution >= 4 is 39.4 Å². The van der Waals surface area contributed by atoms with E-state index in [0.29, 0.717) is 11.1 Å². The molecule has 15 nitrogen and oxygen atoms in total. The normalized spacial score (nSPS) is 16.2. The van der Waals surface area contributed by atoms with Gasteiger partial charge in [-0.2, -0.15) is 10.2 Å². The van der Waals surface area contributed by atoms with Crippen LogP contribution < -0.4 is 22.1 Å². The lowest BCUT2D eigenvalue weighted by molar-refractivity contribution is 0.0929. The summed E-state index contributed by atoms with van der Waals surface area (Å²) in [7, 11) is 3.69. The number of nitrogen functional groups attached to an aromatic ring is 2. The Kier molecular flexibility index (Phi) is 14.1. The van der Waals surface area contributed by atoms with Gasteiger partial charge in [0.25, 0.3) is 11.8 Å². The lowest BCUT2D eigenvalue weighted by atomic mass is 10.0. The minimum atomic E-state index is -0.205. The van der Waals surface area contributed by atoms with Gasteiger partial charge >= 0.3 is 0 Å². The lowest BCUT2D eigenvalue weighted by Gasteiger charge is -2.18. The van der Waals surface area contributed by atoms with Crippen molar-refractivity contribution in [2.75, 3.05) is 37.6 Å². The highest BCUT2D eigenvalue weighted by Crippen LogP contribution is 2.26. The molecule has 0 bridgehead atoms. The smallest absolute Gasteiger partial charge is 0.255 e. The second kappa shape index (κ2) is 20.4. The average molecular weight is 938 g/mol. The predicted molar refractivity (Wildman–Crippen MR) is 256 cm³/mol. The summed E-state index contributed by atoms with van der Waals surface area (Å²) >= 11 is 3.51. The van der Waals surface area contributed by atoms with Crippen LogP contribution in [-0.2, 0) is 33.8 Å². The van der Waals surface area contributed by atoms with Gasteiger partial charge in [0.2, 0.25) is 0 Å². The number of benzene rings is 3. The first kappa shape index (κ1) is 44.9. The van der Waals surface area contributed by atoms with Crippen LogP contribution in [0, 0.1) is 0 Å². The summed E-state index contributed by atoms with van der Waals surface area (Å²) in [5.41, 5.74) is 21.8. The SMILES string of the molecule is Cn1cc(-c2cnc(N)c(C(=O)N[C@@H]3CCN(Cc4cccc(-c5cccc(CO)c5)c4)C3)c2)cn1.Cn1cc(-c2cnc(N)c(C(=O)N[C@@H]3CCN(Cc4cccc(Br)c4)C3)c2)cn1. The number of hydrogen-bond acceptors (Lipinski definition) is 11. The van der Waals surface area contributed by atoms with Gasteiger partial charge in [0.1, 0.15) is 11.6 Å². The maximum atomic E-state index is 13.0. The standard InChI is InChI=1S/C28H30N6O2.C21H23BrN6O/c1-33-16-24(14-31-33)23-12-26(27(29)30-13-23)28(36)32-25-8-9-34(17-25)15-19-4-2-6-21(10-19)22-7-3-5-20(11-22)18-35;1-27-12-16(10-25-27)15-8-19(20(23)24-9-15)21(29)26-18-5-6-28(13-18)11-14-3-2-4-17(22)7-14/h2-7,10-14,16,25,35H,8-9,15,17-18H2,1H3,(H2,29,30)(H,32,36);2-4,7-10,12,18H,5-6,11,13H2,1H3,(H2,23,24)(H,26,29)/t25-;18-/m11/s1. The van der Waals surface area contributed by atoms with Gasteiger partial charge in [-0.15, -0.1) is 0 Å². The number of nitrogens with zero attached hydrogens (tertiary/aromatic N) is 8. The molecule has 0 aliphatic carbocycles. The van der Waals surface area contributed by atoms with Crippen molar-refractivity contribution in [3.05, 3.63) is 154 Å². The van der Waals surface area contributed by atoms with E-state index in [1.54, 1.807) is 46.3 Å². The number of carbonyl (C=O) groups excluding carboxylic acids is 2. The van der Waals surface area contributed by atoms with Crippen LogP contribution in [-0.4, -0.2) is 94.5 Å². The fourth-order valence-corrected chi connectivity index (χ4v) is 8.78. The van der Waals surface area contributed by atoms with Crippen molar-refractivity contribution in [2.45, 2.75) is 44.6 Å². The van der Waals surface area contributed by atoms with Crippen LogP contribution in [0.5, 0.6) is 0 Å². The number of nitrogens with one attached hydrogen (secondary N) is 2. The molecule has 3 aromatic carbocycles. The summed E-state index contributed by atoms with van der Waals surface area (Å²) < 4.78 is 4.50. The molecule has 7 N–H and O–H groups in total. The third-order valence-corrected chi connectivity index (χ3v) is 12.2. The second-order valence-corrected chi connectivity index (χ2v) is 17.6. The van der Waals surface area contributed by atoms with Gasteiger partial charge in [-0.1, -0.05) is 64.5 Å².